The Hall–Kier alpha value is -0.410. The van der Waals surface area contributed by atoms with Crippen molar-refractivity contribution >= 4 is 5.78 Å². The second-order valence-corrected chi connectivity index (χ2v) is 2.75. The Kier molecular flexibility index (Phi) is 2.40. The molecule has 0 aliphatic carbocycles. The van der Waals surface area contributed by atoms with Crippen LogP contribution in [0, 0.1) is 0 Å². The largest absolute Gasteiger partial charge is 0.394 e. The molecular weight excluding hydrogens is 130 g/mol. The van der Waals surface area contributed by atoms with Crippen molar-refractivity contribution < 1.29 is 9.90 Å². The molecule has 0 bridgehead atoms. The van der Waals surface area contributed by atoms with Gasteiger partial charge in [0.15, 0.2) is 5.78 Å². The van der Waals surface area contributed by atoms with Crippen molar-refractivity contribution in [1.82, 2.24) is 4.90 Å². The second-order valence-electron chi connectivity index (χ2n) is 2.75. The first-order valence-corrected chi connectivity index (χ1v) is 3.59. The van der Waals surface area contributed by atoms with Crippen LogP contribution in [0.2, 0.25) is 0 Å². The van der Waals surface area contributed by atoms with Crippen molar-refractivity contribution in [2.75, 3.05) is 20.2 Å². The van der Waals surface area contributed by atoms with E-state index < -0.39 is 0 Å². The Morgan fingerprint density at radius 2 is 2.50 bits per heavy atom. The lowest BCUT2D eigenvalue weighted by molar-refractivity contribution is -0.127. The van der Waals surface area contributed by atoms with Crippen LogP contribution in [-0.4, -0.2) is 42.0 Å². The van der Waals surface area contributed by atoms with E-state index in [1.54, 1.807) is 0 Å². The number of aliphatic hydroxyl groups is 1. The summed E-state index contributed by atoms with van der Waals surface area (Å²) in [6.45, 7) is 0.895. The molecule has 0 aromatic heterocycles. The van der Waals surface area contributed by atoms with Gasteiger partial charge in [-0.05, 0) is 20.0 Å². The number of carbonyl (C=O) groups is 1. The highest BCUT2D eigenvalue weighted by molar-refractivity contribution is 5.84. The van der Waals surface area contributed by atoms with Crippen molar-refractivity contribution in [2.45, 2.75) is 18.9 Å². The van der Waals surface area contributed by atoms with E-state index in [1.807, 2.05) is 11.9 Å². The number of aliphatic hydroxyl groups excluding tert-OH is 1. The number of carbonyl (C=O) groups excluding carboxylic acids is 1. The third kappa shape index (κ3) is 1.36. The first-order chi connectivity index (χ1) is 4.75. The van der Waals surface area contributed by atoms with Gasteiger partial charge in [-0.1, -0.05) is 0 Å². The molecule has 10 heavy (non-hydrogen) atoms. The number of piperidine rings is 1. The van der Waals surface area contributed by atoms with Crippen LogP contribution >= 0.6 is 0 Å². The lowest BCUT2D eigenvalue weighted by Gasteiger charge is -2.29. The van der Waals surface area contributed by atoms with Gasteiger partial charge in [-0.15, -0.1) is 0 Å². The van der Waals surface area contributed by atoms with Gasteiger partial charge in [-0.3, -0.25) is 9.69 Å². The van der Waals surface area contributed by atoms with E-state index >= 15 is 0 Å². The van der Waals surface area contributed by atoms with Crippen LogP contribution in [0.15, 0.2) is 0 Å². The maximum Gasteiger partial charge on any atom is 0.152 e. The lowest BCUT2D eigenvalue weighted by Crippen LogP contribution is -2.45. The summed E-state index contributed by atoms with van der Waals surface area (Å²) in [5.74, 6) is 0.177. The monoisotopic (exact) mass is 143 g/mol. The Bertz CT molecular complexity index is 136. The molecular formula is C7H13NO2. The minimum Gasteiger partial charge on any atom is -0.394 e. The van der Waals surface area contributed by atoms with Crippen LogP contribution in [-0.2, 0) is 4.79 Å². The quantitative estimate of drug-likeness (QED) is 0.545. The molecule has 1 N–H and O–H groups in total. The van der Waals surface area contributed by atoms with E-state index in [-0.39, 0.29) is 18.4 Å². The van der Waals surface area contributed by atoms with E-state index in [2.05, 4.69) is 0 Å². The minimum absolute atomic E-state index is 0.0324. The average molecular weight is 143 g/mol. The molecule has 1 unspecified atom stereocenters. The first-order valence-electron chi connectivity index (χ1n) is 3.59. The van der Waals surface area contributed by atoms with Crippen LogP contribution in [0.1, 0.15) is 12.8 Å². The van der Waals surface area contributed by atoms with Crippen molar-refractivity contribution in [1.29, 1.82) is 0 Å². The minimum atomic E-state index is -0.228. The highest BCUT2D eigenvalue weighted by Gasteiger charge is 2.25. The van der Waals surface area contributed by atoms with Gasteiger partial charge in [0, 0.05) is 6.42 Å². The van der Waals surface area contributed by atoms with E-state index in [1.165, 1.54) is 0 Å². The molecule has 0 saturated carbocycles. The summed E-state index contributed by atoms with van der Waals surface area (Å²) >= 11 is 0. The summed E-state index contributed by atoms with van der Waals surface area (Å²) in [6, 6.07) is -0.228. The number of rotatable bonds is 1. The SMILES string of the molecule is CN1CCCC(=O)C1CO. The molecule has 3 heteroatoms. The molecule has 3 nitrogen and oxygen atoms in total. The smallest absolute Gasteiger partial charge is 0.152 e. The molecule has 1 atom stereocenters. The van der Waals surface area contributed by atoms with Gasteiger partial charge in [0.25, 0.3) is 0 Å². The zero-order valence-corrected chi connectivity index (χ0v) is 6.21. The lowest BCUT2D eigenvalue weighted by atomic mass is 10.0. The van der Waals surface area contributed by atoms with Crippen LogP contribution in [0.3, 0.4) is 0 Å². The number of ketones is 1. The summed E-state index contributed by atoms with van der Waals surface area (Å²) in [5.41, 5.74) is 0. The van der Waals surface area contributed by atoms with Gasteiger partial charge in [-0.2, -0.15) is 0 Å². The topological polar surface area (TPSA) is 40.5 Å². The van der Waals surface area contributed by atoms with Gasteiger partial charge in [-0.25, -0.2) is 0 Å². The highest BCUT2D eigenvalue weighted by atomic mass is 16.3. The van der Waals surface area contributed by atoms with Crippen LogP contribution < -0.4 is 0 Å². The number of likely N-dealkylation sites (N-methyl/N-ethyl adjacent to an activating group) is 1. The predicted octanol–water partition coefficient (Wildman–Crippen LogP) is -0.358. The van der Waals surface area contributed by atoms with Gasteiger partial charge in [0.1, 0.15) is 0 Å². The fourth-order valence-corrected chi connectivity index (χ4v) is 1.31. The average Bonchev–Trinajstić information content (AvgIpc) is 1.88. The van der Waals surface area contributed by atoms with Crippen molar-refractivity contribution in [3.05, 3.63) is 0 Å². The molecule has 1 heterocycles. The third-order valence-electron chi connectivity index (χ3n) is 2.01. The number of hydrogen-bond acceptors (Lipinski definition) is 3. The van der Waals surface area contributed by atoms with Crippen LogP contribution in [0.25, 0.3) is 0 Å². The zero-order valence-electron chi connectivity index (χ0n) is 6.21. The zero-order chi connectivity index (χ0) is 7.56. The van der Waals surface area contributed by atoms with Crippen molar-refractivity contribution in [3.63, 3.8) is 0 Å². The van der Waals surface area contributed by atoms with Gasteiger partial charge < -0.3 is 5.11 Å². The van der Waals surface area contributed by atoms with Crippen molar-refractivity contribution in [2.24, 2.45) is 0 Å². The Balaban J connectivity index is 2.53. The normalized spacial score (nSPS) is 29.0. The van der Waals surface area contributed by atoms with E-state index in [9.17, 15) is 4.79 Å². The number of likely N-dealkylation sites (tertiary alicyclic amines) is 1. The summed E-state index contributed by atoms with van der Waals surface area (Å²) < 4.78 is 0. The number of hydrogen-bond donors (Lipinski definition) is 1. The molecule has 0 radical (unpaired) electrons. The molecule has 1 aliphatic rings. The molecule has 0 spiro atoms. The standard InChI is InChI=1S/C7H13NO2/c1-8-4-2-3-7(10)6(8)5-9/h6,9H,2-5H2,1H3. The molecule has 0 aromatic rings. The van der Waals surface area contributed by atoms with Crippen molar-refractivity contribution in [3.8, 4) is 0 Å². The maximum atomic E-state index is 11.0. The Morgan fingerprint density at radius 3 is 2.90 bits per heavy atom. The second kappa shape index (κ2) is 3.12. The number of nitrogens with zero attached hydrogens (tertiary/aromatic N) is 1. The highest BCUT2D eigenvalue weighted by Crippen LogP contribution is 2.10. The molecule has 1 fully saturated rings. The maximum absolute atomic E-state index is 11.0. The van der Waals surface area contributed by atoms with E-state index in [0.717, 1.165) is 13.0 Å². The molecule has 0 amide bonds. The Morgan fingerprint density at radius 1 is 1.80 bits per heavy atom. The fraction of sp³-hybridized carbons (Fsp3) is 0.857. The Labute approximate surface area is 60.6 Å². The summed E-state index contributed by atoms with van der Waals surface area (Å²) in [5, 5.41) is 8.77. The van der Waals surface area contributed by atoms with E-state index in [0.29, 0.717) is 6.42 Å². The molecule has 0 aromatic carbocycles. The predicted molar refractivity (Wildman–Crippen MR) is 37.7 cm³/mol. The molecule has 1 aliphatic heterocycles. The van der Waals surface area contributed by atoms with Gasteiger partial charge in [0.2, 0.25) is 0 Å². The summed E-state index contributed by atoms with van der Waals surface area (Å²) in [4.78, 5) is 12.9. The first kappa shape index (κ1) is 7.69. The third-order valence-corrected chi connectivity index (χ3v) is 2.01. The number of Topliss-reactive ketones (excluding diaryl/α,β-unsaturated/α-hetero) is 1. The summed E-state index contributed by atoms with van der Waals surface area (Å²) in [6.07, 6.45) is 1.57. The van der Waals surface area contributed by atoms with Crippen LogP contribution in [0.5, 0.6) is 0 Å². The molecule has 1 saturated heterocycles. The van der Waals surface area contributed by atoms with Gasteiger partial charge in [0.05, 0.1) is 12.6 Å². The van der Waals surface area contributed by atoms with Gasteiger partial charge >= 0.3 is 0 Å². The van der Waals surface area contributed by atoms with Crippen LogP contribution in [0.4, 0.5) is 0 Å². The van der Waals surface area contributed by atoms with E-state index in [4.69, 9.17) is 5.11 Å². The molecule has 58 valence electrons. The molecule has 1 rings (SSSR count). The summed E-state index contributed by atoms with van der Waals surface area (Å²) in [7, 11) is 1.87. The fourth-order valence-electron chi connectivity index (χ4n) is 1.31.